The number of rotatable bonds is 4. The number of aryl methyl sites for hydroxylation is 1. The van der Waals surface area contributed by atoms with E-state index >= 15 is 0 Å². The van der Waals surface area contributed by atoms with E-state index in [2.05, 4.69) is 0 Å². The summed E-state index contributed by atoms with van der Waals surface area (Å²) in [6.45, 7) is 3.26. The number of carbonyl (C=O) groups excluding carboxylic acids is 2. The van der Waals surface area contributed by atoms with Crippen molar-refractivity contribution in [1.82, 2.24) is 4.90 Å². The minimum Gasteiger partial charge on any atom is -0.480 e. The number of amides is 1. The quantitative estimate of drug-likeness (QED) is 0.905. The van der Waals surface area contributed by atoms with Crippen molar-refractivity contribution in [2.24, 2.45) is 0 Å². The normalized spacial score (nSPS) is 14.0. The third kappa shape index (κ3) is 2.45. The summed E-state index contributed by atoms with van der Waals surface area (Å²) in [7, 11) is 0. The monoisotopic (exact) mass is 279 g/mol. The molecule has 0 aromatic carbocycles. The first-order valence-corrected chi connectivity index (χ1v) is 6.62. The van der Waals surface area contributed by atoms with E-state index in [1.54, 1.807) is 13.8 Å². The van der Waals surface area contributed by atoms with Gasteiger partial charge >= 0.3 is 5.97 Å². The highest BCUT2D eigenvalue weighted by Crippen LogP contribution is 2.29. The molecule has 1 heterocycles. The van der Waals surface area contributed by atoms with Crippen LogP contribution in [-0.4, -0.2) is 40.8 Å². The Morgan fingerprint density at radius 3 is 2.60 bits per heavy atom. The maximum atomic E-state index is 12.3. The molecular weight excluding hydrogens is 262 g/mol. The molecule has 0 atom stereocenters. The van der Waals surface area contributed by atoms with Crippen molar-refractivity contribution in [3.05, 3.63) is 22.6 Å². The zero-order valence-electron chi connectivity index (χ0n) is 11.6. The number of furan rings is 1. The Morgan fingerprint density at radius 2 is 2.05 bits per heavy atom. The molecule has 1 aliphatic carbocycles. The summed E-state index contributed by atoms with van der Waals surface area (Å²) in [4.78, 5) is 36.1. The highest BCUT2D eigenvalue weighted by molar-refractivity contribution is 6.03. The van der Waals surface area contributed by atoms with Gasteiger partial charge in [-0.25, -0.2) is 0 Å². The number of ketones is 1. The molecule has 108 valence electrons. The van der Waals surface area contributed by atoms with Crippen LogP contribution in [0.25, 0.3) is 0 Å². The fourth-order valence-electron chi connectivity index (χ4n) is 2.49. The molecule has 0 aliphatic heterocycles. The summed E-state index contributed by atoms with van der Waals surface area (Å²) in [5, 5.41) is 8.81. The van der Waals surface area contributed by atoms with Crippen molar-refractivity contribution >= 4 is 17.7 Å². The molecule has 1 aromatic rings. The average Bonchev–Trinajstić information content (AvgIpc) is 2.73. The lowest BCUT2D eigenvalue weighted by Gasteiger charge is -2.17. The first kappa shape index (κ1) is 14.3. The van der Waals surface area contributed by atoms with Crippen LogP contribution in [0.4, 0.5) is 0 Å². The standard InChI is InChI=1S/C14H17NO5/c1-3-15(7-11(17)18)14(19)13-8(2)12-9(16)5-4-6-10(12)20-13/h3-7H2,1-2H3,(H,17,18). The summed E-state index contributed by atoms with van der Waals surface area (Å²) in [5.74, 6) is -0.922. The molecule has 0 saturated carbocycles. The van der Waals surface area contributed by atoms with Gasteiger partial charge < -0.3 is 14.4 Å². The average molecular weight is 279 g/mol. The zero-order chi connectivity index (χ0) is 14.9. The summed E-state index contributed by atoms with van der Waals surface area (Å²) in [6.07, 6.45) is 1.83. The van der Waals surface area contributed by atoms with Crippen molar-refractivity contribution in [1.29, 1.82) is 0 Å². The van der Waals surface area contributed by atoms with Gasteiger partial charge in [-0.15, -0.1) is 0 Å². The van der Waals surface area contributed by atoms with Crippen molar-refractivity contribution in [2.75, 3.05) is 13.1 Å². The van der Waals surface area contributed by atoms with Gasteiger partial charge in [-0.1, -0.05) is 0 Å². The van der Waals surface area contributed by atoms with Gasteiger partial charge in [0, 0.05) is 24.9 Å². The number of carbonyl (C=O) groups is 3. The summed E-state index contributed by atoms with van der Waals surface area (Å²) < 4.78 is 5.53. The third-order valence-corrected chi connectivity index (χ3v) is 3.50. The number of carboxylic acids is 1. The van der Waals surface area contributed by atoms with E-state index in [0.717, 1.165) is 6.42 Å². The van der Waals surface area contributed by atoms with Crippen LogP contribution in [0.1, 0.15) is 52.0 Å². The molecule has 0 saturated heterocycles. The van der Waals surface area contributed by atoms with Crippen LogP contribution in [0.3, 0.4) is 0 Å². The molecular formula is C14H17NO5. The molecule has 6 nitrogen and oxygen atoms in total. The summed E-state index contributed by atoms with van der Waals surface area (Å²) >= 11 is 0. The van der Waals surface area contributed by atoms with Crippen LogP contribution in [0.5, 0.6) is 0 Å². The number of fused-ring (bicyclic) bond motifs is 1. The highest BCUT2D eigenvalue weighted by atomic mass is 16.4. The molecule has 0 bridgehead atoms. The van der Waals surface area contributed by atoms with E-state index in [4.69, 9.17) is 9.52 Å². The van der Waals surface area contributed by atoms with Gasteiger partial charge in [0.25, 0.3) is 5.91 Å². The van der Waals surface area contributed by atoms with Gasteiger partial charge in [0.05, 0.1) is 5.56 Å². The predicted molar refractivity (Wildman–Crippen MR) is 69.9 cm³/mol. The van der Waals surface area contributed by atoms with Gasteiger partial charge in [0.2, 0.25) is 0 Å². The van der Waals surface area contributed by atoms with Gasteiger partial charge in [0.15, 0.2) is 11.5 Å². The van der Waals surface area contributed by atoms with Gasteiger partial charge in [-0.3, -0.25) is 14.4 Å². The van der Waals surface area contributed by atoms with Crippen LogP contribution in [0, 0.1) is 6.92 Å². The van der Waals surface area contributed by atoms with E-state index in [-0.39, 0.29) is 24.6 Å². The van der Waals surface area contributed by atoms with E-state index in [1.165, 1.54) is 4.90 Å². The van der Waals surface area contributed by atoms with Crippen LogP contribution >= 0.6 is 0 Å². The lowest BCUT2D eigenvalue weighted by atomic mass is 9.94. The second kappa shape index (κ2) is 5.48. The number of Topliss-reactive ketones (excluding diaryl/α,β-unsaturated/α-hetero) is 1. The molecule has 0 radical (unpaired) electrons. The molecule has 6 heteroatoms. The van der Waals surface area contributed by atoms with Gasteiger partial charge in [-0.05, 0) is 20.3 Å². The molecule has 1 aliphatic rings. The van der Waals surface area contributed by atoms with Gasteiger partial charge in [-0.2, -0.15) is 0 Å². The predicted octanol–water partition coefficient (Wildman–Crippen LogP) is 1.65. The van der Waals surface area contributed by atoms with E-state index in [1.807, 2.05) is 0 Å². The first-order chi connectivity index (χ1) is 9.45. The largest absolute Gasteiger partial charge is 0.480 e. The fraction of sp³-hybridized carbons (Fsp3) is 0.500. The number of likely N-dealkylation sites (N-methyl/N-ethyl adjacent to an activating group) is 1. The maximum Gasteiger partial charge on any atom is 0.323 e. The van der Waals surface area contributed by atoms with Crippen LogP contribution in [0.2, 0.25) is 0 Å². The Balaban J connectivity index is 2.35. The Hall–Kier alpha value is -2.11. The zero-order valence-corrected chi connectivity index (χ0v) is 11.6. The van der Waals surface area contributed by atoms with Crippen LogP contribution in [-0.2, 0) is 11.2 Å². The second-order valence-electron chi connectivity index (χ2n) is 4.84. The topological polar surface area (TPSA) is 87.8 Å². The second-order valence-corrected chi connectivity index (χ2v) is 4.84. The molecule has 1 N–H and O–H groups in total. The number of aliphatic carboxylic acids is 1. The molecule has 0 fully saturated rings. The molecule has 2 rings (SSSR count). The first-order valence-electron chi connectivity index (χ1n) is 6.62. The third-order valence-electron chi connectivity index (χ3n) is 3.50. The maximum absolute atomic E-state index is 12.3. The number of hydrogen-bond acceptors (Lipinski definition) is 4. The smallest absolute Gasteiger partial charge is 0.323 e. The van der Waals surface area contributed by atoms with Crippen molar-refractivity contribution in [2.45, 2.75) is 33.1 Å². The van der Waals surface area contributed by atoms with Crippen molar-refractivity contribution < 1.29 is 23.9 Å². The van der Waals surface area contributed by atoms with E-state index < -0.39 is 11.9 Å². The number of carboxylic acid groups (broad SMARTS) is 1. The van der Waals surface area contributed by atoms with Crippen LogP contribution in [0.15, 0.2) is 4.42 Å². The molecule has 1 aromatic heterocycles. The Labute approximate surface area is 116 Å². The fourth-order valence-corrected chi connectivity index (χ4v) is 2.49. The van der Waals surface area contributed by atoms with Crippen molar-refractivity contribution in [3.63, 3.8) is 0 Å². The number of hydrogen-bond donors (Lipinski definition) is 1. The highest BCUT2D eigenvalue weighted by Gasteiger charge is 2.30. The lowest BCUT2D eigenvalue weighted by Crippen LogP contribution is -2.35. The Morgan fingerprint density at radius 1 is 1.35 bits per heavy atom. The van der Waals surface area contributed by atoms with E-state index in [9.17, 15) is 14.4 Å². The molecule has 0 spiro atoms. The lowest BCUT2D eigenvalue weighted by molar-refractivity contribution is -0.137. The minimum absolute atomic E-state index is 0.00664. The van der Waals surface area contributed by atoms with Crippen LogP contribution < -0.4 is 0 Å². The summed E-state index contributed by atoms with van der Waals surface area (Å²) in [6, 6.07) is 0. The Kier molecular flexibility index (Phi) is 3.92. The molecule has 1 amide bonds. The summed E-state index contributed by atoms with van der Waals surface area (Å²) in [5.41, 5.74) is 1.03. The molecule has 0 unspecified atom stereocenters. The van der Waals surface area contributed by atoms with Crippen molar-refractivity contribution in [3.8, 4) is 0 Å². The Bertz CT molecular complexity index is 572. The van der Waals surface area contributed by atoms with E-state index in [0.29, 0.717) is 29.7 Å². The number of nitrogens with zero attached hydrogens (tertiary/aromatic N) is 1. The minimum atomic E-state index is -1.08. The van der Waals surface area contributed by atoms with Gasteiger partial charge in [0.1, 0.15) is 12.3 Å². The molecule has 20 heavy (non-hydrogen) atoms. The SMILES string of the molecule is CCN(CC(=O)O)C(=O)c1oc2c(c1C)C(=O)CCC2.